The van der Waals surface area contributed by atoms with Crippen LogP contribution >= 0.6 is 0 Å². The van der Waals surface area contributed by atoms with E-state index in [0.29, 0.717) is 6.42 Å². The molecule has 184 valence electrons. The molecule has 0 atom stereocenters. The Morgan fingerprint density at radius 1 is 0.886 bits per heavy atom. The van der Waals surface area contributed by atoms with Crippen LogP contribution in [0.3, 0.4) is 0 Å². The molecule has 4 rings (SSSR count). The Morgan fingerprint density at radius 3 is 2.26 bits per heavy atom. The van der Waals surface area contributed by atoms with E-state index in [-0.39, 0.29) is 50.0 Å². The highest BCUT2D eigenvalue weighted by Crippen LogP contribution is 2.23. The molecule has 1 fully saturated rings. The molecule has 3 aromatic carbocycles. The number of amides is 1. The number of methoxy groups -OCH3 is 1. The molecular formula is C26H28N2O6S. The smallest absolute Gasteiger partial charge is 0.306 e. The van der Waals surface area contributed by atoms with E-state index in [1.54, 1.807) is 25.3 Å². The lowest BCUT2D eigenvalue weighted by molar-refractivity contribution is -0.152. The Labute approximate surface area is 205 Å². The number of sulfonamides is 1. The quantitative estimate of drug-likeness (QED) is 0.445. The van der Waals surface area contributed by atoms with Gasteiger partial charge in [0.25, 0.3) is 5.91 Å². The van der Waals surface area contributed by atoms with Crippen LogP contribution in [0.25, 0.3) is 10.8 Å². The molecule has 35 heavy (non-hydrogen) atoms. The maximum absolute atomic E-state index is 13.1. The Morgan fingerprint density at radius 2 is 1.57 bits per heavy atom. The van der Waals surface area contributed by atoms with Gasteiger partial charge in [0.05, 0.1) is 12.0 Å². The lowest BCUT2D eigenvalue weighted by Crippen LogP contribution is -2.51. The summed E-state index contributed by atoms with van der Waals surface area (Å²) in [7, 11) is -2.07. The van der Waals surface area contributed by atoms with Crippen molar-refractivity contribution < 1.29 is 27.5 Å². The summed E-state index contributed by atoms with van der Waals surface area (Å²) in [6, 6.07) is 20.1. The van der Waals surface area contributed by atoms with Crippen LogP contribution in [0.5, 0.6) is 5.75 Å². The SMILES string of the molecule is COc1ccc(CCC(=O)OCC(=O)N2CCN(S(=O)(=O)c3ccc4ccccc4c3)CC2)cc1. The number of esters is 1. The first kappa shape index (κ1) is 24.7. The van der Waals surface area contributed by atoms with Crippen LogP contribution in [-0.2, 0) is 30.8 Å². The lowest BCUT2D eigenvalue weighted by atomic mass is 10.1. The molecule has 0 N–H and O–H groups in total. The van der Waals surface area contributed by atoms with Gasteiger partial charge in [0.2, 0.25) is 10.0 Å². The molecule has 0 aromatic heterocycles. The van der Waals surface area contributed by atoms with Gasteiger partial charge in [-0.3, -0.25) is 9.59 Å². The van der Waals surface area contributed by atoms with Crippen molar-refractivity contribution in [1.29, 1.82) is 0 Å². The van der Waals surface area contributed by atoms with E-state index < -0.39 is 16.0 Å². The third kappa shape index (κ3) is 5.98. The van der Waals surface area contributed by atoms with Gasteiger partial charge < -0.3 is 14.4 Å². The third-order valence-corrected chi connectivity index (χ3v) is 7.98. The second-order valence-electron chi connectivity index (χ2n) is 8.30. The van der Waals surface area contributed by atoms with E-state index in [4.69, 9.17) is 9.47 Å². The number of aryl methyl sites for hydroxylation is 1. The fourth-order valence-electron chi connectivity index (χ4n) is 4.00. The number of nitrogens with zero attached hydrogens (tertiary/aromatic N) is 2. The van der Waals surface area contributed by atoms with Crippen molar-refractivity contribution in [2.45, 2.75) is 17.7 Å². The summed E-state index contributed by atoms with van der Waals surface area (Å²) in [6.07, 6.45) is 0.666. The standard InChI is InChI=1S/C26H28N2O6S/c1-33-23-10-6-20(7-11-23)8-13-26(30)34-19-25(29)27-14-16-28(17-15-27)35(31,32)24-12-9-21-4-2-3-5-22(21)18-24/h2-7,9-12,18H,8,13-17,19H2,1H3. The summed E-state index contributed by atoms with van der Waals surface area (Å²) in [4.78, 5) is 26.3. The van der Waals surface area contributed by atoms with Crippen molar-refractivity contribution >= 4 is 32.7 Å². The largest absolute Gasteiger partial charge is 0.497 e. The maximum Gasteiger partial charge on any atom is 0.306 e. The van der Waals surface area contributed by atoms with Crippen molar-refractivity contribution in [3.05, 3.63) is 72.3 Å². The number of hydrogen-bond donors (Lipinski definition) is 0. The van der Waals surface area contributed by atoms with Crippen LogP contribution in [0.4, 0.5) is 0 Å². The van der Waals surface area contributed by atoms with Gasteiger partial charge in [-0.25, -0.2) is 8.42 Å². The minimum Gasteiger partial charge on any atom is -0.497 e. The molecule has 0 unspecified atom stereocenters. The molecule has 8 nitrogen and oxygen atoms in total. The fourth-order valence-corrected chi connectivity index (χ4v) is 5.46. The molecule has 1 amide bonds. The van der Waals surface area contributed by atoms with Crippen molar-refractivity contribution in [3.8, 4) is 5.75 Å². The summed E-state index contributed by atoms with van der Waals surface area (Å²) < 4.78 is 37.8. The van der Waals surface area contributed by atoms with Gasteiger partial charge in [-0.15, -0.1) is 0 Å². The highest BCUT2D eigenvalue weighted by atomic mass is 32.2. The van der Waals surface area contributed by atoms with Crippen LogP contribution in [-0.4, -0.2) is 69.4 Å². The van der Waals surface area contributed by atoms with Gasteiger partial charge in [-0.05, 0) is 47.0 Å². The fraction of sp³-hybridized carbons (Fsp3) is 0.308. The number of benzene rings is 3. The molecule has 1 saturated heterocycles. The van der Waals surface area contributed by atoms with Gasteiger partial charge in [-0.1, -0.05) is 42.5 Å². The molecular weight excluding hydrogens is 468 g/mol. The van der Waals surface area contributed by atoms with E-state index in [2.05, 4.69) is 0 Å². The van der Waals surface area contributed by atoms with Crippen molar-refractivity contribution in [2.75, 3.05) is 39.9 Å². The number of rotatable bonds is 8. The van der Waals surface area contributed by atoms with E-state index in [1.165, 1.54) is 9.21 Å². The Balaban J connectivity index is 1.24. The number of piperazine rings is 1. The highest BCUT2D eigenvalue weighted by molar-refractivity contribution is 7.89. The van der Waals surface area contributed by atoms with Gasteiger partial charge in [0.15, 0.2) is 6.61 Å². The maximum atomic E-state index is 13.1. The molecule has 1 aliphatic heterocycles. The Bertz CT molecular complexity index is 1300. The molecule has 0 spiro atoms. The van der Waals surface area contributed by atoms with Crippen LogP contribution in [0.1, 0.15) is 12.0 Å². The number of carbonyl (C=O) groups is 2. The van der Waals surface area contributed by atoms with Gasteiger partial charge in [-0.2, -0.15) is 4.31 Å². The molecule has 1 heterocycles. The molecule has 0 saturated carbocycles. The number of hydrogen-bond acceptors (Lipinski definition) is 6. The van der Waals surface area contributed by atoms with Gasteiger partial charge >= 0.3 is 5.97 Å². The van der Waals surface area contributed by atoms with E-state index in [1.807, 2.05) is 48.5 Å². The zero-order chi connectivity index (χ0) is 24.8. The Kier molecular flexibility index (Phi) is 7.67. The minimum absolute atomic E-state index is 0.164. The summed E-state index contributed by atoms with van der Waals surface area (Å²) in [5.41, 5.74) is 0.970. The summed E-state index contributed by atoms with van der Waals surface area (Å²) in [6.45, 7) is 0.515. The number of ether oxygens (including phenoxy) is 2. The average Bonchev–Trinajstić information content (AvgIpc) is 2.90. The van der Waals surface area contributed by atoms with Crippen LogP contribution in [0.15, 0.2) is 71.6 Å². The predicted molar refractivity (Wildman–Crippen MR) is 132 cm³/mol. The Hall–Kier alpha value is -3.43. The number of fused-ring (bicyclic) bond motifs is 1. The molecule has 3 aromatic rings. The van der Waals surface area contributed by atoms with Gasteiger partial charge in [0.1, 0.15) is 5.75 Å². The molecule has 0 aliphatic carbocycles. The normalized spacial score (nSPS) is 14.6. The molecule has 0 radical (unpaired) electrons. The van der Waals surface area contributed by atoms with E-state index >= 15 is 0 Å². The van der Waals surface area contributed by atoms with Crippen LogP contribution in [0, 0.1) is 0 Å². The van der Waals surface area contributed by atoms with Crippen LogP contribution < -0.4 is 4.74 Å². The first-order valence-corrected chi connectivity index (χ1v) is 12.9. The second-order valence-corrected chi connectivity index (χ2v) is 10.2. The zero-order valence-corrected chi connectivity index (χ0v) is 20.4. The first-order chi connectivity index (χ1) is 16.9. The monoisotopic (exact) mass is 496 g/mol. The van der Waals surface area contributed by atoms with Crippen molar-refractivity contribution in [3.63, 3.8) is 0 Å². The summed E-state index contributed by atoms with van der Waals surface area (Å²) >= 11 is 0. The minimum atomic E-state index is -3.66. The highest BCUT2D eigenvalue weighted by Gasteiger charge is 2.30. The van der Waals surface area contributed by atoms with Crippen LogP contribution in [0.2, 0.25) is 0 Å². The first-order valence-electron chi connectivity index (χ1n) is 11.4. The zero-order valence-electron chi connectivity index (χ0n) is 19.6. The van der Waals surface area contributed by atoms with Gasteiger partial charge in [0, 0.05) is 32.6 Å². The summed E-state index contributed by atoms with van der Waals surface area (Å²) in [5.74, 6) is -0.0377. The topological polar surface area (TPSA) is 93.2 Å². The molecule has 1 aliphatic rings. The molecule has 0 bridgehead atoms. The average molecular weight is 497 g/mol. The van der Waals surface area contributed by atoms with Crippen molar-refractivity contribution in [2.24, 2.45) is 0 Å². The predicted octanol–water partition coefficient (Wildman–Crippen LogP) is 2.86. The lowest BCUT2D eigenvalue weighted by Gasteiger charge is -2.33. The second kappa shape index (κ2) is 10.9. The van der Waals surface area contributed by atoms with E-state index in [9.17, 15) is 18.0 Å². The molecule has 9 heteroatoms. The van der Waals surface area contributed by atoms with Crippen molar-refractivity contribution in [1.82, 2.24) is 9.21 Å². The third-order valence-electron chi connectivity index (χ3n) is 6.08. The van der Waals surface area contributed by atoms with E-state index in [0.717, 1.165) is 22.1 Å². The summed E-state index contributed by atoms with van der Waals surface area (Å²) in [5, 5.41) is 1.83. The number of carbonyl (C=O) groups excluding carboxylic acids is 2.